The third-order valence-electron chi connectivity index (χ3n) is 4.67. The maximum absolute atomic E-state index is 12.3. The molecule has 0 saturated carbocycles. The summed E-state index contributed by atoms with van der Waals surface area (Å²) in [5.74, 6) is 1.63. The Morgan fingerprint density at radius 1 is 1.42 bits per heavy atom. The third kappa shape index (κ3) is 3.78. The number of aromatic nitrogens is 1. The number of hydrogen-bond acceptors (Lipinski definition) is 5. The average Bonchev–Trinajstić information content (AvgIpc) is 2.94. The van der Waals surface area contributed by atoms with Gasteiger partial charge in [0.1, 0.15) is 5.75 Å². The highest BCUT2D eigenvalue weighted by Gasteiger charge is 2.34. The highest BCUT2D eigenvalue weighted by molar-refractivity contribution is 5.77. The van der Waals surface area contributed by atoms with Gasteiger partial charge in [-0.25, -0.2) is 0 Å². The topological polar surface area (TPSA) is 69.5 Å². The normalized spacial score (nSPS) is 20.8. The van der Waals surface area contributed by atoms with Crippen molar-refractivity contribution < 1.29 is 9.53 Å². The first kappa shape index (κ1) is 16.6. The first-order valence-corrected chi connectivity index (χ1v) is 8.60. The molecule has 3 rings (SSSR count). The molecule has 1 amide bonds. The number of rotatable bonds is 5. The van der Waals surface area contributed by atoms with Crippen molar-refractivity contribution in [3.8, 4) is 11.9 Å². The van der Waals surface area contributed by atoms with E-state index in [-0.39, 0.29) is 12.0 Å². The molecule has 2 saturated heterocycles. The van der Waals surface area contributed by atoms with Gasteiger partial charge in [0.05, 0.1) is 12.3 Å². The summed E-state index contributed by atoms with van der Waals surface area (Å²) in [7, 11) is 0. The van der Waals surface area contributed by atoms with Gasteiger partial charge in [-0.05, 0) is 38.3 Å². The first-order chi connectivity index (χ1) is 11.5. The molecule has 0 aromatic carbocycles. The molecule has 1 aromatic heterocycles. The number of nitrogens with zero attached hydrogens (tertiary/aromatic N) is 4. The predicted octanol–water partition coefficient (Wildman–Crippen LogP) is 1.99. The molecular formula is C18H24N4O2. The minimum atomic E-state index is 0.141. The Kier molecular flexibility index (Phi) is 4.89. The molecule has 6 heteroatoms. The second kappa shape index (κ2) is 7.08. The first-order valence-electron chi connectivity index (χ1n) is 8.60. The van der Waals surface area contributed by atoms with E-state index >= 15 is 0 Å². The maximum Gasteiger partial charge on any atom is 0.222 e. The van der Waals surface area contributed by atoms with Crippen LogP contribution >= 0.6 is 0 Å². The molecule has 2 fully saturated rings. The van der Waals surface area contributed by atoms with Crippen molar-refractivity contribution in [3.05, 3.63) is 24.0 Å². The van der Waals surface area contributed by atoms with Crippen LogP contribution < -0.4 is 4.74 Å². The van der Waals surface area contributed by atoms with E-state index in [2.05, 4.69) is 11.2 Å². The van der Waals surface area contributed by atoms with Crippen molar-refractivity contribution in [3.63, 3.8) is 0 Å². The number of amides is 1. The van der Waals surface area contributed by atoms with Crippen LogP contribution in [0.4, 0.5) is 0 Å². The molecule has 0 unspecified atom stereocenters. The fraction of sp³-hybridized carbons (Fsp3) is 0.611. The Hall–Kier alpha value is -2.29. The Balaban J connectivity index is 1.45. The number of nitriles is 1. The van der Waals surface area contributed by atoms with Crippen LogP contribution in [0.25, 0.3) is 0 Å². The molecule has 6 nitrogen and oxygen atoms in total. The minimum Gasteiger partial charge on any atom is -0.489 e. The van der Waals surface area contributed by atoms with Crippen LogP contribution in [0.3, 0.4) is 0 Å². The summed E-state index contributed by atoms with van der Waals surface area (Å²) in [6.45, 7) is 6.97. The summed E-state index contributed by atoms with van der Waals surface area (Å²) < 4.78 is 5.60. The molecule has 1 atom stereocenters. The van der Waals surface area contributed by atoms with Gasteiger partial charge in [0.2, 0.25) is 5.91 Å². The predicted molar refractivity (Wildman–Crippen MR) is 89.2 cm³/mol. The largest absolute Gasteiger partial charge is 0.489 e. The number of carbonyl (C=O) groups excluding carboxylic acids is 1. The van der Waals surface area contributed by atoms with Gasteiger partial charge in [-0.3, -0.25) is 9.78 Å². The summed E-state index contributed by atoms with van der Waals surface area (Å²) in [6.07, 6.45) is 5.55. The van der Waals surface area contributed by atoms with Crippen LogP contribution in [0.5, 0.6) is 5.75 Å². The lowest BCUT2D eigenvalue weighted by Gasteiger charge is -2.39. The smallest absolute Gasteiger partial charge is 0.222 e. The van der Waals surface area contributed by atoms with Crippen molar-refractivity contribution in [2.45, 2.75) is 38.7 Å². The van der Waals surface area contributed by atoms with E-state index in [1.165, 1.54) is 0 Å². The van der Waals surface area contributed by atoms with E-state index < -0.39 is 0 Å². The standard InChI is InChI=1S/C18H24N4O2/c1-13(2)24-16-3-4-17(20-8-16)15-10-22(11-15)18(23)7-14-5-6-21(9-14)12-19/h3-4,8,13-15H,5-7,9-11H2,1-2H3/t14-/m1/s1. The van der Waals surface area contributed by atoms with Gasteiger partial charge in [0.15, 0.2) is 6.19 Å². The molecule has 0 N–H and O–H groups in total. The molecule has 0 spiro atoms. The summed E-state index contributed by atoms with van der Waals surface area (Å²) in [5, 5.41) is 8.88. The van der Waals surface area contributed by atoms with Gasteiger partial charge in [0.25, 0.3) is 0 Å². The minimum absolute atomic E-state index is 0.141. The summed E-state index contributed by atoms with van der Waals surface area (Å²) in [5.41, 5.74) is 1.02. The van der Waals surface area contributed by atoms with Gasteiger partial charge in [-0.15, -0.1) is 0 Å². The van der Waals surface area contributed by atoms with E-state index in [1.54, 1.807) is 11.1 Å². The van der Waals surface area contributed by atoms with E-state index in [4.69, 9.17) is 10.00 Å². The Bertz CT molecular complexity index is 617. The molecule has 2 aliphatic heterocycles. The van der Waals surface area contributed by atoms with Crippen LogP contribution in [0.15, 0.2) is 18.3 Å². The SMILES string of the molecule is CC(C)Oc1ccc(C2CN(C(=O)C[C@H]3CCN(C#N)C3)C2)nc1. The number of pyridine rings is 1. The zero-order chi connectivity index (χ0) is 17.1. The second-order valence-corrected chi connectivity index (χ2v) is 6.99. The molecule has 0 radical (unpaired) electrons. The Labute approximate surface area is 143 Å². The molecule has 0 aliphatic carbocycles. The molecule has 2 aliphatic rings. The highest BCUT2D eigenvalue weighted by atomic mass is 16.5. The monoisotopic (exact) mass is 328 g/mol. The fourth-order valence-corrected chi connectivity index (χ4v) is 3.31. The lowest BCUT2D eigenvalue weighted by molar-refractivity contribution is -0.136. The van der Waals surface area contributed by atoms with Crippen LogP contribution in [0.2, 0.25) is 0 Å². The van der Waals surface area contributed by atoms with Crippen LogP contribution in [-0.4, -0.2) is 53.0 Å². The number of ether oxygens (including phenoxy) is 1. The second-order valence-electron chi connectivity index (χ2n) is 6.99. The van der Waals surface area contributed by atoms with Crippen molar-refractivity contribution in [2.75, 3.05) is 26.2 Å². The van der Waals surface area contributed by atoms with E-state index in [1.807, 2.05) is 30.9 Å². The molecule has 3 heterocycles. The van der Waals surface area contributed by atoms with E-state index in [0.717, 1.165) is 44.0 Å². The lowest BCUT2D eigenvalue weighted by Crippen LogP contribution is -2.49. The van der Waals surface area contributed by atoms with E-state index in [9.17, 15) is 4.79 Å². The van der Waals surface area contributed by atoms with Crippen LogP contribution in [-0.2, 0) is 4.79 Å². The molecule has 24 heavy (non-hydrogen) atoms. The quantitative estimate of drug-likeness (QED) is 0.773. The van der Waals surface area contributed by atoms with Gasteiger partial charge < -0.3 is 14.5 Å². The lowest BCUT2D eigenvalue weighted by atomic mass is 9.94. The maximum atomic E-state index is 12.3. The third-order valence-corrected chi connectivity index (χ3v) is 4.67. The molecule has 128 valence electrons. The summed E-state index contributed by atoms with van der Waals surface area (Å²) in [6, 6.07) is 3.94. The summed E-state index contributed by atoms with van der Waals surface area (Å²) >= 11 is 0. The number of carbonyl (C=O) groups is 1. The molecule has 0 bridgehead atoms. The Morgan fingerprint density at radius 2 is 2.21 bits per heavy atom. The Morgan fingerprint density at radius 3 is 2.79 bits per heavy atom. The van der Waals surface area contributed by atoms with Gasteiger partial charge in [-0.1, -0.05) is 0 Å². The highest BCUT2D eigenvalue weighted by Crippen LogP contribution is 2.29. The van der Waals surface area contributed by atoms with Crippen molar-refractivity contribution in [1.29, 1.82) is 5.26 Å². The van der Waals surface area contributed by atoms with Crippen LogP contribution in [0.1, 0.15) is 38.3 Å². The zero-order valence-electron chi connectivity index (χ0n) is 14.3. The van der Waals surface area contributed by atoms with Crippen molar-refractivity contribution in [1.82, 2.24) is 14.8 Å². The average molecular weight is 328 g/mol. The zero-order valence-corrected chi connectivity index (χ0v) is 14.3. The van der Waals surface area contributed by atoms with Gasteiger partial charge >= 0.3 is 0 Å². The van der Waals surface area contributed by atoms with Crippen LogP contribution in [0, 0.1) is 17.4 Å². The number of hydrogen-bond donors (Lipinski definition) is 0. The molecular weight excluding hydrogens is 304 g/mol. The van der Waals surface area contributed by atoms with E-state index in [0.29, 0.717) is 18.3 Å². The van der Waals surface area contributed by atoms with Gasteiger partial charge in [-0.2, -0.15) is 5.26 Å². The number of likely N-dealkylation sites (tertiary alicyclic amines) is 2. The fourth-order valence-electron chi connectivity index (χ4n) is 3.31. The summed E-state index contributed by atoms with van der Waals surface area (Å²) in [4.78, 5) is 20.4. The van der Waals surface area contributed by atoms with Crippen molar-refractivity contribution >= 4 is 5.91 Å². The van der Waals surface area contributed by atoms with Crippen molar-refractivity contribution in [2.24, 2.45) is 5.92 Å². The van der Waals surface area contributed by atoms with Gasteiger partial charge in [0, 0.05) is 44.2 Å². The molecule has 1 aromatic rings.